The number of rotatable bonds is 4. The van der Waals surface area contributed by atoms with Gasteiger partial charge in [0.25, 0.3) is 0 Å². The Balaban J connectivity index is 1.57. The molecule has 0 atom stereocenters. The van der Waals surface area contributed by atoms with Crippen molar-refractivity contribution in [3.63, 3.8) is 0 Å². The van der Waals surface area contributed by atoms with Crippen molar-refractivity contribution in [2.24, 2.45) is 0 Å². The first-order valence-electron chi connectivity index (χ1n) is 8.51. The molecule has 0 unspecified atom stereocenters. The smallest absolute Gasteiger partial charge is 0.247 e. The van der Waals surface area contributed by atoms with Crippen LogP contribution in [0.3, 0.4) is 0 Å². The first kappa shape index (κ1) is 15.3. The fourth-order valence-corrected chi connectivity index (χ4v) is 3.00. The predicted octanol–water partition coefficient (Wildman–Crippen LogP) is 3.93. The fraction of sp³-hybridized carbons (Fsp3) is 0. The zero-order valence-corrected chi connectivity index (χ0v) is 14.2. The lowest BCUT2D eigenvalue weighted by molar-refractivity contribution is 0.973. The lowest BCUT2D eigenvalue weighted by Crippen LogP contribution is -1.96. The normalized spacial score (nSPS) is 11.0. The Bertz CT molecular complexity index is 1190. The van der Waals surface area contributed by atoms with E-state index in [1.807, 2.05) is 71.2 Å². The summed E-state index contributed by atoms with van der Waals surface area (Å²) in [5.41, 5.74) is 4.65. The van der Waals surface area contributed by atoms with Crippen molar-refractivity contribution in [2.45, 2.75) is 0 Å². The second-order valence-electron chi connectivity index (χ2n) is 6.02. The van der Waals surface area contributed by atoms with E-state index in [1.54, 1.807) is 0 Å². The number of anilines is 2. The molecule has 0 saturated heterocycles. The van der Waals surface area contributed by atoms with E-state index in [2.05, 4.69) is 36.6 Å². The first-order valence-corrected chi connectivity index (χ1v) is 8.51. The molecule has 0 aliphatic rings. The molecule has 0 radical (unpaired) electrons. The van der Waals surface area contributed by atoms with Crippen LogP contribution in [0.1, 0.15) is 0 Å². The van der Waals surface area contributed by atoms with Crippen molar-refractivity contribution in [3.8, 4) is 22.6 Å². The second-order valence-corrected chi connectivity index (χ2v) is 6.02. The molecule has 3 aromatic heterocycles. The maximum atomic E-state index is 4.64. The Morgan fingerprint density at radius 2 is 1.70 bits per heavy atom. The van der Waals surface area contributed by atoms with Gasteiger partial charge in [0.15, 0.2) is 11.5 Å². The van der Waals surface area contributed by atoms with E-state index in [9.17, 15) is 0 Å². The second kappa shape index (κ2) is 6.38. The van der Waals surface area contributed by atoms with E-state index < -0.39 is 0 Å². The molecule has 0 fully saturated rings. The van der Waals surface area contributed by atoms with E-state index >= 15 is 0 Å². The van der Waals surface area contributed by atoms with Crippen LogP contribution in [0.15, 0.2) is 79.1 Å². The molecule has 0 saturated carbocycles. The van der Waals surface area contributed by atoms with E-state index in [0.717, 1.165) is 34.0 Å². The molecular weight excluding hydrogens is 338 g/mol. The van der Waals surface area contributed by atoms with Crippen molar-refractivity contribution in [1.29, 1.82) is 0 Å². The fourth-order valence-electron chi connectivity index (χ4n) is 3.00. The monoisotopic (exact) mass is 353 g/mol. The van der Waals surface area contributed by atoms with Gasteiger partial charge in [-0.05, 0) is 30.3 Å². The molecule has 0 bridgehead atoms. The maximum Gasteiger partial charge on any atom is 0.247 e. The number of hydrogen-bond acceptors (Lipinski definition) is 5. The van der Waals surface area contributed by atoms with Crippen molar-refractivity contribution >= 4 is 17.3 Å². The Hall–Kier alpha value is -4.00. The van der Waals surface area contributed by atoms with Crippen LogP contribution in [-0.2, 0) is 0 Å². The third kappa shape index (κ3) is 2.91. The van der Waals surface area contributed by atoms with Gasteiger partial charge in [0.1, 0.15) is 6.33 Å². The lowest BCUT2D eigenvalue weighted by atomic mass is 10.1. The molecule has 130 valence electrons. The number of aromatic nitrogens is 6. The minimum absolute atomic E-state index is 0.556. The Morgan fingerprint density at radius 3 is 2.56 bits per heavy atom. The van der Waals surface area contributed by atoms with E-state index in [0.29, 0.717) is 5.95 Å². The molecule has 7 nitrogen and oxygen atoms in total. The molecule has 0 aliphatic heterocycles. The van der Waals surface area contributed by atoms with E-state index in [-0.39, 0.29) is 0 Å². The summed E-state index contributed by atoms with van der Waals surface area (Å²) in [5, 5.41) is 14.7. The molecule has 2 N–H and O–H groups in total. The summed E-state index contributed by atoms with van der Waals surface area (Å²) in [6.07, 6.45) is 1.50. The average molecular weight is 353 g/mol. The third-order valence-corrected chi connectivity index (χ3v) is 4.24. The quantitative estimate of drug-likeness (QED) is 0.511. The average Bonchev–Trinajstić information content (AvgIpc) is 3.38. The SMILES string of the molecule is c1ccc(Nc2nc3cccc(-c4cccc(-c5ncn[nH]5)c4)n3n2)cc1. The summed E-state index contributed by atoms with van der Waals surface area (Å²) in [4.78, 5) is 8.80. The topological polar surface area (TPSA) is 83.8 Å². The zero-order valence-electron chi connectivity index (χ0n) is 14.2. The molecule has 2 aromatic carbocycles. The molecule has 27 heavy (non-hydrogen) atoms. The highest BCUT2D eigenvalue weighted by molar-refractivity contribution is 5.70. The van der Waals surface area contributed by atoms with Gasteiger partial charge in [0.2, 0.25) is 5.95 Å². The minimum Gasteiger partial charge on any atom is -0.323 e. The van der Waals surface area contributed by atoms with Crippen LogP contribution in [0.4, 0.5) is 11.6 Å². The zero-order chi connectivity index (χ0) is 18.1. The van der Waals surface area contributed by atoms with Gasteiger partial charge in [-0.25, -0.2) is 9.50 Å². The van der Waals surface area contributed by atoms with Gasteiger partial charge in [-0.2, -0.15) is 10.1 Å². The summed E-state index contributed by atoms with van der Waals surface area (Å²) >= 11 is 0. The maximum absolute atomic E-state index is 4.64. The summed E-state index contributed by atoms with van der Waals surface area (Å²) < 4.78 is 1.84. The first-order chi connectivity index (χ1) is 13.4. The number of nitrogens with one attached hydrogen (secondary N) is 2. The van der Waals surface area contributed by atoms with Gasteiger partial charge < -0.3 is 5.32 Å². The van der Waals surface area contributed by atoms with E-state index in [4.69, 9.17) is 0 Å². The number of fused-ring (bicyclic) bond motifs is 1. The van der Waals surface area contributed by atoms with Gasteiger partial charge in [0.05, 0.1) is 5.69 Å². The lowest BCUT2D eigenvalue weighted by Gasteiger charge is -2.05. The van der Waals surface area contributed by atoms with Gasteiger partial charge >= 0.3 is 0 Å². The molecule has 3 heterocycles. The highest BCUT2D eigenvalue weighted by Crippen LogP contribution is 2.25. The van der Waals surface area contributed by atoms with Crippen molar-refractivity contribution < 1.29 is 0 Å². The van der Waals surface area contributed by atoms with Gasteiger partial charge in [-0.3, -0.25) is 5.10 Å². The molecule has 0 aliphatic carbocycles. The van der Waals surface area contributed by atoms with Gasteiger partial charge in [-0.1, -0.05) is 42.5 Å². The minimum atomic E-state index is 0.556. The Labute approximate surface area is 154 Å². The number of para-hydroxylation sites is 1. The predicted molar refractivity (Wildman–Crippen MR) is 104 cm³/mol. The number of aromatic amines is 1. The molecular formula is C20H15N7. The molecule has 0 amide bonds. The number of hydrogen-bond donors (Lipinski definition) is 2. The Morgan fingerprint density at radius 1 is 0.852 bits per heavy atom. The largest absolute Gasteiger partial charge is 0.323 e. The third-order valence-electron chi connectivity index (χ3n) is 4.24. The Kier molecular flexibility index (Phi) is 3.61. The van der Waals surface area contributed by atoms with Crippen LogP contribution >= 0.6 is 0 Å². The van der Waals surface area contributed by atoms with Crippen LogP contribution in [0.2, 0.25) is 0 Å². The molecule has 5 aromatic rings. The number of benzene rings is 2. The highest BCUT2D eigenvalue weighted by atomic mass is 15.4. The van der Waals surface area contributed by atoms with Crippen LogP contribution in [0, 0.1) is 0 Å². The number of nitrogens with zero attached hydrogens (tertiary/aromatic N) is 5. The summed E-state index contributed by atoms with van der Waals surface area (Å²) in [5.74, 6) is 1.29. The van der Waals surface area contributed by atoms with Crippen LogP contribution in [0.25, 0.3) is 28.3 Å². The van der Waals surface area contributed by atoms with Crippen molar-refractivity contribution in [1.82, 2.24) is 29.8 Å². The summed E-state index contributed by atoms with van der Waals surface area (Å²) in [6.45, 7) is 0. The van der Waals surface area contributed by atoms with Crippen molar-refractivity contribution in [2.75, 3.05) is 5.32 Å². The van der Waals surface area contributed by atoms with Gasteiger partial charge in [0, 0.05) is 16.8 Å². The molecule has 0 spiro atoms. The van der Waals surface area contributed by atoms with Gasteiger partial charge in [-0.15, -0.1) is 5.10 Å². The standard InChI is InChI=1S/C20H15N7/c1-2-8-16(9-3-1)23-20-24-18-11-5-10-17(27(18)26-20)14-6-4-7-15(12-14)19-21-13-22-25-19/h1-13H,(H,23,26)(H,21,22,25). The number of H-pyrrole nitrogens is 1. The number of pyridine rings is 1. The molecule has 7 heteroatoms. The molecule has 5 rings (SSSR count). The van der Waals surface area contributed by atoms with Crippen LogP contribution in [-0.4, -0.2) is 29.8 Å². The van der Waals surface area contributed by atoms with Crippen LogP contribution < -0.4 is 5.32 Å². The van der Waals surface area contributed by atoms with Crippen molar-refractivity contribution in [3.05, 3.63) is 79.1 Å². The summed E-state index contributed by atoms with van der Waals surface area (Å²) in [7, 11) is 0. The summed E-state index contributed by atoms with van der Waals surface area (Å²) in [6, 6.07) is 23.9. The van der Waals surface area contributed by atoms with Crippen LogP contribution in [0.5, 0.6) is 0 Å². The highest BCUT2D eigenvalue weighted by Gasteiger charge is 2.10. The van der Waals surface area contributed by atoms with E-state index in [1.165, 1.54) is 6.33 Å².